The molecule has 0 unspecified atom stereocenters. The lowest BCUT2D eigenvalue weighted by Crippen LogP contribution is -2.39. The zero-order valence-corrected chi connectivity index (χ0v) is 26.1. The first-order valence-corrected chi connectivity index (χ1v) is 15.4. The van der Waals surface area contributed by atoms with Crippen LogP contribution in [0.3, 0.4) is 0 Å². The highest BCUT2D eigenvalue weighted by molar-refractivity contribution is 7.92. The van der Waals surface area contributed by atoms with Crippen LogP contribution in [0.2, 0.25) is 5.02 Å². The van der Waals surface area contributed by atoms with Crippen LogP contribution in [-0.4, -0.2) is 38.3 Å². The summed E-state index contributed by atoms with van der Waals surface area (Å²) in [5.41, 5.74) is 1.12. The molecular weight excluding hydrogens is 580 g/mol. The lowest BCUT2D eigenvalue weighted by Gasteiger charge is -2.31. The van der Waals surface area contributed by atoms with Crippen LogP contribution in [0.4, 0.5) is 5.69 Å². The van der Waals surface area contributed by atoms with Crippen LogP contribution in [0.25, 0.3) is 11.0 Å². The van der Waals surface area contributed by atoms with Crippen molar-refractivity contribution in [2.45, 2.75) is 59.5 Å². The van der Waals surface area contributed by atoms with Crippen molar-refractivity contribution in [3.05, 3.63) is 82.5 Å². The molecule has 0 aliphatic heterocycles. The van der Waals surface area contributed by atoms with Crippen molar-refractivity contribution in [2.24, 2.45) is 5.41 Å². The topological polar surface area (TPSA) is 110 Å². The standard InChI is InChI=1S/C31H35ClN2O7S/c1-7-34(42(37,38)24-12-14-27-25(17-24)20(3)28(41-27)29(35)39-8-2)26-13-11-22(32)16-21(26)18-33(30(36)31(4,5)6)19-23-10-9-15-40-23/h9-17H,7-8,18-19H2,1-6H3. The maximum atomic E-state index is 14.1. The quantitative estimate of drug-likeness (QED) is 0.178. The number of sulfonamides is 1. The van der Waals surface area contributed by atoms with Crippen molar-refractivity contribution < 1.29 is 31.6 Å². The summed E-state index contributed by atoms with van der Waals surface area (Å²) >= 11 is 6.39. The van der Waals surface area contributed by atoms with Crippen molar-refractivity contribution in [2.75, 3.05) is 17.5 Å². The summed E-state index contributed by atoms with van der Waals surface area (Å²) in [6, 6.07) is 12.9. The van der Waals surface area contributed by atoms with Crippen LogP contribution < -0.4 is 4.31 Å². The van der Waals surface area contributed by atoms with E-state index < -0.39 is 21.4 Å². The van der Waals surface area contributed by atoms with Gasteiger partial charge in [-0.25, -0.2) is 13.2 Å². The van der Waals surface area contributed by atoms with Gasteiger partial charge in [-0.2, -0.15) is 0 Å². The first-order valence-electron chi connectivity index (χ1n) is 13.6. The van der Waals surface area contributed by atoms with E-state index in [0.29, 0.717) is 38.6 Å². The molecule has 9 nitrogen and oxygen atoms in total. The number of benzene rings is 2. The summed E-state index contributed by atoms with van der Waals surface area (Å²) in [6.45, 7) is 11.2. The van der Waals surface area contributed by atoms with E-state index in [9.17, 15) is 18.0 Å². The van der Waals surface area contributed by atoms with Crippen LogP contribution in [0.15, 0.2) is 68.5 Å². The first kappa shape index (κ1) is 31.2. The Balaban J connectivity index is 1.76. The van der Waals surface area contributed by atoms with Gasteiger partial charge in [0.25, 0.3) is 10.0 Å². The number of ether oxygens (including phenoxy) is 1. The van der Waals surface area contributed by atoms with E-state index in [2.05, 4.69) is 0 Å². The number of fused-ring (bicyclic) bond motifs is 1. The summed E-state index contributed by atoms with van der Waals surface area (Å²) in [7, 11) is -4.09. The zero-order chi connectivity index (χ0) is 30.8. The van der Waals surface area contributed by atoms with Gasteiger partial charge in [-0.05, 0) is 74.9 Å². The number of esters is 1. The van der Waals surface area contributed by atoms with Gasteiger partial charge in [0.1, 0.15) is 11.3 Å². The van der Waals surface area contributed by atoms with E-state index in [-0.39, 0.29) is 42.8 Å². The maximum Gasteiger partial charge on any atom is 0.374 e. The minimum absolute atomic E-state index is 0.0234. The summed E-state index contributed by atoms with van der Waals surface area (Å²) in [5, 5.41) is 0.900. The number of furan rings is 2. The largest absolute Gasteiger partial charge is 0.467 e. The highest BCUT2D eigenvalue weighted by atomic mass is 35.5. The molecule has 0 fully saturated rings. The maximum absolute atomic E-state index is 14.1. The smallest absolute Gasteiger partial charge is 0.374 e. The van der Waals surface area contributed by atoms with E-state index in [1.54, 1.807) is 62.3 Å². The Kier molecular flexibility index (Phi) is 9.08. The second-order valence-electron chi connectivity index (χ2n) is 10.9. The van der Waals surface area contributed by atoms with Crippen LogP contribution in [-0.2, 0) is 32.6 Å². The van der Waals surface area contributed by atoms with Crippen LogP contribution in [0.5, 0.6) is 0 Å². The van der Waals surface area contributed by atoms with Crippen LogP contribution in [0, 0.1) is 12.3 Å². The summed E-state index contributed by atoms with van der Waals surface area (Å²) in [5.74, 6) is -0.106. The third-order valence-corrected chi connectivity index (χ3v) is 8.89. The van der Waals surface area contributed by atoms with Crippen molar-refractivity contribution in [1.82, 2.24) is 4.90 Å². The fourth-order valence-corrected chi connectivity index (χ4v) is 6.48. The average molecular weight is 615 g/mol. The summed E-state index contributed by atoms with van der Waals surface area (Å²) < 4.78 is 45.8. The Hall–Kier alpha value is -3.76. The Bertz CT molecular complexity index is 1700. The Labute approximate surface area is 251 Å². The fraction of sp³-hybridized carbons (Fsp3) is 0.355. The Morgan fingerprint density at radius 1 is 1.02 bits per heavy atom. The Morgan fingerprint density at radius 2 is 1.76 bits per heavy atom. The van der Waals surface area contributed by atoms with Gasteiger partial charge in [-0.15, -0.1) is 0 Å². The van der Waals surface area contributed by atoms with Crippen molar-refractivity contribution in [3.8, 4) is 0 Å². The van der Waals surface area contributed by atoms with E-state index in [4.69, 9.17) is 25.2 Å². The number of hydrogen-bond donors (Lipinski definition) is 0. The summed E-state index contributed by atoms with van der Waals surface area (Å²) in [4.78, 5) is 27.5. The zero-order valence-electron chi connectivity index (χ0n) is 24.6. The van der Waals surface area contributed by atoms with Gasteiger partial charge in [-0.1, -0.05) is 32.4 Å². The third kappa shape index (κ3) is 6.34. The Morgan fingerprint density at radius 3 is 2.38 bits per heavy atom. The molecule has 2 heterocycles. The molecule has 0 aliphatic carbocycles. The number of anilines is 1. The number of rotatable bonds is 10. The molecule has 0 spiro atoms. The molecule has 4 aromatic rings. The second kappa shape index (κ2) is 12.2. The molecule has 0 saturated carbocycles. The monoisotopic (exact) mass is 614 g/mol. The lowest BCUT2D eigenvalue weighted by molar-refractivity contribution is -0.141. The van der Waals surface area contributed by atoms with E-state index in [1.807, 2.05) is 20.8 Å². The fourth-order valence-electron chi connectivity index (χ4n) is 4.74. The summed E-state index contributed by atoms with van der Waals surface area (Å²) in [6.07, 6.45) is 1.54. The van der Waals surface area contributed by atoms with Crippen LogP contribution >= 0.6 is 11.6 Å². The average Bonchev–Trinajstić information content (AvgIpc) is 3.56. The minimum Gasteiger partial charge on any atom is -0.467 e. The van der Waals surface area contributed by atoms with Gasteiger partial charge >= 0.3 is 5.97 Å². The van der Waals surface area contributed by atoms with Gasteiger partial charge in [0.2, 0.25) is 11.7 Å². The SMILES string of the molecule is CCOC(=O)c1oc2ccc(S(=O)(=O)N(CC)c3ccc(Cl)cc3CN(Cc3ccco3)C(=O)C(C)(C)C)cc2c1C. The van der Waals surface area contributed by atoms with Crippen molar-refractivity contribution >= 4 is 50.2 Å². The molecule has 42 heavy (non-hydrogen) atoms. The highest BCUT2D eigenvalue weighted by Gasteiger charge is 2.31. The van der Waals surface area contributed by atoms with Crippen molar-refractivity contribution in [3.63, 3.8) is 0 Å². The molecule has 0 bridgehead atoms. The molecule has 0 atom stereocenters. The van der Waals surface area contributed by atoms with Gasteiger partial charge < -0.3 is 18.5 Å². The number of carbonyl (C=O) groups excluding carboxylic acids is 2. The number of halogens is 1. The van der Waals surface area contributed by atoms with Gasteiger partial charge in [0, 0.05) is 34.5 Å². The van der Waals surface area contributed by atoms with E-state index in [1.165, 1.54) is 22.5 Å². The van der Waals surface area contributed by atoms with Gasteiger partial charge in [0.05, 0.1) is 30.0 Å². The van der Waals surface area contributed by atoms with Gasteiger partial charge in [-0.3, -0.25) is 9.10 Å². The number of carbonyl (C=O) groups is 2. The van der Waals surface area contributed by atoms with Crippen LogP contribution in [0.1, 0.15) is 62.1 Å². The van der Waals surface area contributed by atoms with Crippen molar-refractivity contribution in [1.29, 1.82) is 0 Å². The predicted octanol–water partition coefficient (Wildman–Crippen LogP) is 6.95. The first-order chi connectivity index (χ1) is 19.8. The molecule has 224 valence electrons. The number of amides is 1. The third-order valence-electron chi connectivity index (χ3n) is 6.77. The molecule has 11 heteroatoms. The molecule has 0 saturated heterocycles. The molecular formula is C31H35ClN2O7S. The van der Waals surface area contributed by atoms with E-state index in [0.717, 1.165) is 0 Å². The van der Waals surface area contributed by atoms with E-state index >= 15 is 0 Å². The number of nitrogens with zero attached hydrogens (tertiary/aromatic N) is 2. The molecule has 0 aliphatic rings. The lowest BCUT2D eigenvalue weighted by atomic mass is 9.94. The molecule has 2 aromatic heterocycles. The molecule has 0 radical (unpaired) electrons. The predicted molar refractivity (Wildman–Crippen MR) is 161 cm³/mol. The highest BCUT2D eigenvalue weighted by Crippen LogP contribution is 2.34. The number of aryl methyl sites for hydroxylation is 1. The molecule has 0 N–H and O–H groups in total. The van der Waals surface area contributed by atoms with Gasteiger partial charge in [0.15, 0.2) is 0 Å². The molecule has 4 rings (SSSR count). The molecule has 1 amide bonds. The molecule has 2 aromatic carbocycles. The second-order valence-corrected chi connectivity index (χ2v) is 13.2. The number of hydrogen-bond acceptors (Lipinski definition) is 7. The normalized spacial score (nSPS) is 12.0. The minimum atomic E-state index is -4.09.